The van der Waals surface area contributed by atoms with Crippen LogP contribution in [0.15, 0.2) is 42.5 Å². The molecule has 2 aromatic rings. The van der Waals surface area contributed by atoms with E-state index in [4.69, 9.17) is 14.2 Å². The number of rotatable bonds is 9. The number of carbonyl (C=O) groups is 2. The molecule has 144 valence electrons. The van der Waals surface area contributed by atoms with E-state index in [9.17, 15) is 9.59 Å². The Morgan fingerprint density at radius 3 is 2.37 bits per heavy atom. The maximum atomic E-state index is 12.2. The highest BCUT2D eigenvalue weighted by molar-refractivity contribution is 5.95. The third-order valence-corrected chi connectivity index (χ3v) is 3.73. The second-order valence-corrected chi connectivity index (χ2v) is 5.71. The molecule has 0 atom stereocenters. The van der Waals surface area contributed by atoms with Gasteiger partial charge in [-0.25, -0.2) is 4.79 Å². The molecule has 0 unspecified atom stereocenters. The van der Waals surface area contributed by atoms with Gasteiger partial charge in [0, 0.05) is 5.69 Å². The lowest BCUT2D eigenvalue weighted by Gasteiger charge is -2.12. The maximum absolute atomic E-state index is 12.2. The number of ether oxygens (including phenoxy) is 3. The van der Waals surface area contributed by atoms with Gasteiger partial charge >= 0.3 is 5.97 Å². The number of benzene rings is 2. The molecule has 6 heteroatoms. The van der Waals surface area contributed by atoms with E-state index < -0.39 is 11.9 Å². The summed E-state index contributed by atoms with van der Waals surface area (Å²) in [7, 11) is 0. The SMILES string of the molecule is CCOc1ccc(C(=O)OCC(=O)Nc2cccc(CC)c2)cc1OCC. The summed E-state index contributed by atoms with van der Waals surface area (Å²) in [4.78, 5) is 24.3. The number of esters is 1. The van der Waals surface area contributed by atoms with Gasteiger partial charge in [0.15, 0.2) is 18.1 Å². The van der Waals surface area contributed by atoms with Crippen molar-refractivity contribution >= 4 is 17.6 Å². The van der Waals surface area contributed by atoms with Crippen molar-refractivity contribution in [1.29, 1.82) is 0 Å². The summed E-state index contributed by atoms with van der Waals surface area (Å²) < 4.78 is 16.1. The quantitative estimate of drug-likeness (QED) is 0.678. The molecule has 1 N–H and O–H groups in total. The molecule has 0 aliphatic heterocycles. The lowest BCUT2D eigenvalue weighted by atomic mass is 10.1. The molecular weight excluding hydrogens is 346 g/mol. The number of aryl methyl sites for hydroxylation is 1. The summed E-state index contributed by atoms with van der Waals surface area (Å²) in [6.45, 7) is 6.31. The van der Waals surface area contributed by atoms with E-state index in [1.165, 1.54) is 0 Å². The Morgan fingerprint density at radius 1 is 0.926 bits per heavy atom. The molecule has 1 amide bonds. The number of anilines is 1. The van der Waals surface area contributed by atoms with Gasteiger partial charge in [-0.1, -0.05) is 19.1 Å². The van der Waals surface area contributed by atoms with E-state index in [-0.39, 0.29) is 6.61 Å². The van der Waals surface area contributed by atoms with Crippen LogP contribution >= 0.6 is 0 Å². The van der Waals surface area contributed by atoms with Crippen molar-refractivity contribution in [3.63, 3.8) is 0 Å². The minimum atomic E-state index is -0.600. The molecule has 0 aliphatic carbocycles. The van der Waals surface area contributed by atoms with Gasteiger partial charge in [0.2, 0.25) is 0 Å². The molecule has 0 heterocycles. The molecule has 2 aromatic carbocycles. The maximum Gasteiger partial charge on any atom is 0.338 e. The van der Waals surface area contributed by atoms with E-state index in [1.807, 2.05) is 39.0 Å². The van der Waals surface area contributed by atoms with Crippen LogP contribution in [0, 0.1) is 0 Å². The smallest absolute Gasteiger partial charge is 0.338 e. The monoisotopic (exact) mass is 371 g/mol. The first-order valence-electron chi connectivity index (χ1n) is 9.02. The molecule has 0 saturated heterocycles. The van der Waals surface area contributed by atoms with Crippen molar-refractivity contribution < 1.29 is 23.8 Å². The highest BCUT2D eigenvalue weighted by Crippen LogP contribution is 2.28. The third kappa shape index (κ3) is 6.02. The van der Waals surface area contributed by atoms with E-state index in [0.29, 0.717) is 36.0 Å². The van der Waals surface area contributed by atoms with Crippen LogP contribution in [0.5, 0.6) is 11.5 Å². The van der Waals surface area contributed by atoms with E-state index in [1.54, 1.807) is 24.3 Å². The predicted molar refractivity (Wildman–Crippen MR) is 104 cm³/mol. The van der Waals surface area contributed by atoms with Crippen molar-refractivity contribution in [3.05, 3.63) is 53.6 Å². The largest absolute Gasteiger partial charge is 0.490 e. The Hall–Kier alpha value is -3.02. The molecule has 2 rings (SSSR count). The summed E-state index contributed by atoms with van der Waals surface area (Å²) in [5.41, 5.74) is 2.08. The number of amides is 1. The summed E-state index contributed by atoms with van der Waals surface area (Å²) in [5.74, 6) is 0.0307. The van der Waals surface area contributed by atoms with Crippen LogP contribution in [0.3, 0.4) is 0 Å². The summed E-state index contributed by atoms with van der Waals surface area (Å²) in [6.07, 6.45) is 0.874. The fourth-order valence-electron chi connectivity index (χ4n) is 2.46. The molecule has 0 spiro atoms. The molecule has 27 heavy (non-hydrogen) atoms. The minimum Gasteiger partial charge on any atom is -0.490 e. The van der Waals surface area contributed by atoms with Crippen molar-refractivity contribution in [2.24, 2.45) is 0 Å². The zero-order valence-corrected chi connectivity index (χ0v) is 15.9. The van der Waals surface area contributed by atoms with Crippen LogP contribution in [0.2, 0.25) is 0 Å². The van der Waals surface area contributed by atoms with Gasteiger partial charge in [-0.2, -0.15) is 0 Å². The van der Waals surface area contributed by atoms with Gasteiger partial charge in [0.25, 0.3) is 5.91 Å². The van der Waals surface area contributed by atoms with E-state index in [2.05, 4.69) is 5.32 Å². The molecule has 0 aliphatic rings. The Kier molecular flexibility index (Phi) is 7.67. The predicted octanol–water partition coefficient (Wildman–Crippen LogP) is 3.84. The molecular formula is C21H25NO5. The van der Waals surface area contributed by atoms with Gasteiger partial charge < -0.3 is 19.5 Å². The van der Waals surface area contributed by atoms with Gasteiger partial charge in [-0.3, -0.25) is 4.79 Å². The molecule has 0 aromatic heterocycles. The van der Waals surface area contributed by atoms with Crippen molar-refractivity contribution in [3.8, 4) is 11.5 Å². The zero-order valence-electron chi connectivity index (χ0n) is 15.9. The normalized spacial score (nSPS) is 10.2. The number of carbonyl (C=O) groups excluding carboxylic acids is 2. The molecule has 0 fully saturated rings. The molecule has 0 bridgehead atoms. The van der Waals surface area contributed by atoms with E-state index >= 15 is 0 Å². The highest BCUT2D eigenvalue weighted by Gasteiger charge is 2.14. The standard InChI is InChI=1S/C21H25NO5/c1-4-15-8-7-9-17(12-15)22-20(23)14-27-21(24)16-10-11-18(25-5-2)19(13-16)26-6-3/h7-13H,4-6,14H2,1-3H3,(H,22,23). The first-order valence-corrected chi connectivity index (χ1v) is 9.02. The lowest BCUT2D eigenvalue weighted by molar-refractivity contribution is -0.119. The Labute approximate surface area is 159 Å². The Balaban J connectivity index is 1.96. The van der Waals surface area contributed by atoms with Crippen molar-refractivity contribution in [2.45, 2.75) is 27.2 Å². The van der Waals surface area contributed by atoms with Gasteiger partial charge in [0.1, 0.15) is 0 Å². The summed E-state index contributed by atoms with van der Waals surface area (Å²) >= 11 is 0. The first kappa shape index (κ1) is 20.3. The van der Waals surface area contributed by atoms with Crippen LogP contribution in [-0.4, -0.2) is 31.7 Å². The first-order chi connectivity index (χ1) is 13.1. The zero-order chi connectivity index (χ0) is 19.6. The van der Waals surface area contributed by atoms with Gasteiger partial charge in [-0.05, 0) is 56.2 Å². The second kappa shape index (κ2) is 10.2. The molecule has 0 saturated carbocycles. The third-order valence-electron chi connectivity index (χ3n) is 3.73. The molecule has 6 nitrogen and oxygen atoms in total. The Bertz CT molecular complexity index is 788. The summed E-state index contributed by atoms with van der Waals surface area (Å²) in [6, 6.07) is 12.3. The fourth-order valence-corrected chi connectivity index (χ4v) is 2.46. The highest BCUT2D eigenvalue weighted by atomic mass is 16.5. The number of hydrogen-bond acceptors (Lipinski definition) is 5. The fraction of sp³-hybridized carbons (Fsp3) is 0.333. The van der Waals surface area contributed by atoms with Gasteiger partial charge in [-0.15, -0.1) is 0 Å². The average molecular weight is 371 g/mol. The number of nitrogens with one attached hydrogen (secondary N) is 1. The van der Waals surface area contributed by atoms with E-state index in [0.717, 1.165) is 12.0 Å². The Morgan fingerprint density at radius 2 is 1.67 bits per heavy atom. The second-order valence-electron chi connectivity index (χ2n) is 5.71. The average Bonchev–Trinajstić information content (AvgIpc) is 2.68. The number of hydrogen-bond donors (Lipinski definition) is 1. The van der Waals surface area contributed by atoms with Crippen LogP contribution in [0.1, 0.15) is 36.7 Å². The van der Waals surface area contributed by atoms with Crippen LogP contribution in [0.4, 0.5) is 5.69 Å². The van der Waals surface area contributed by atoms with Crippen LogP contribution < -0.4 is 14.8 Å². The van der Waals surface area contributed by atoms with Gasteiger partial charge in [0.05, 0.1) is 18.8 Å². The minimum absolute atomic E-state index is 0.294. The van der Waals surface area contributed by atoms with Crippen LogP contribution in [-0.2, 0) is 16.0 Å². The van der Waals surface area contributed by atoms with Crippen molar-refractivity contribution in [1.82, 2.24) is 0 Å². The van der Waals surface area contributed by atoms with Crippen molar-refractivity contribution in [2.75, 3.05) is 25.1 Å². The lowest BCUT2D eigenvalue weighted by Crippen LogP contribution is -2.21. The van der Waals surface area contributed by atoms with Crippen LogP contribution in [0.25, 0.3) is 0 Å². The molecule has 0 radical (unpaired) electrons. The topological polar surface area (TPSA) is 73.9 Å². The summed E-state index contributed by atoms with van der Waals surface area (Å²) in [5, 5.41) is 2.72.